The van der Waals surface area contributed by atoms with Gasteiger partial charge in [0.1, 0.15) is 0 Å². The zero-order valence-corrected chi connectivity index (χ0v) is 11.5. The van der Waals surface area contributed by atoms with Gasteiger partial charge in [0, 0.05) is 32.1 Å². The lowest BCUT2D eigenvalue weighted by Crippen LogP contribution is -2.45. The number of nitrogens with zero attached hydrogens (tertiary/aromatic N) is 1. The number of ether oxygens (including phenoxy) is 1. The second-order valence-corrected chi connectivity index (χ2v) is 5.52. The van der Waals surface area contributed by atoms with Crippen LogP contribution in [0.1, 0.15) is 39.0 Å². The van der Waals surface area contributed by atoms with E-state index in [4.69, 9.17) is 4.74 Å². The van der Waals surface area contributed by atoms with Crippen molar-refractivity contribution in [2.45, 2.75) is 45.1 Å². The predicted octanol–water partition coefficient (Wildman–Crippen LogP) is 1.40. The Hall–Kier alpha value is -0.610. The van der Waals surface area contributed by atoms with Crippen LogP contribution in [0.15, 0.2) is 0 Å². The molecule has 104 valence electrons. The van der Waals surface area contributed by atoms with E-state index < -0.39 is 0 Å². The molecule has 0 saturated carbocycles. The van der Waals surface area contributed by atoms with E-state index in [2.05, 4.69) is 17.1 Å². The highest BCUT2D eigenvalue weighted by molar-refractivity contribution is 5.76. The number of carbonyl (C=O) groups excluding carboxylic acids is 1. The van der Waals surface area contributed by atoms with Crippen LogP contribution in [0, 0.1) is 5.92 Å². The van der Waals surface area contributed by atoms with Crippen LogP contribution < -0.4 is 5.32 Å². The lowest BCUT2D eigenvalue weighted by Gasteiger charge is -2.27. The van der Waals surface area contributed by atoms with Crippen molar-refractivity contribution in [2.24, 2.45) is 5.92 Å². The fraction of sp³-hybridized carbons (Fsp3) is 0.929. The summed E-state index contributed by atoms with van der Waals surface area (Å²) in [6, 6.07) is 0.219. The summed E-state index contributed by atoms with van der Waals surface area (Å²) in [5.74, 6) is 1.12. The molecule has 1 amide bonds. The van der Waals surface area contributed by atoms with Gasteiger partial charge in [-0.15, -0.1) is 0 Å². The molecule has 0 spiro atoms. The molecular weight excluding hydrogens is 228 g/mol. The van der Waals surface area contributed by atoms with Crippen LogP contribution in [-0.2, 0) is 9.53 Å². The minimum atomic E-state index is 0.219. The van der Waals surface area contributed by atoms with Crippen LogP contribution in [0.2, 0.25) is 0 Å². The summed E-state index contributed by atoms with van der Waals surface area (Å²) in [7, 11) is 0. The smallest absolute Gasteiger partial charge is 0.224 e. The molecule has 0 aromatic rings. The van der Waals surface area contributed by atoms with Gasteiger partial charge < -0.3 is 15.0 Å². The third-order valence-electron chi connectivity index (χ3n) is 4.20. The normalized spacial score (nSPS) is 29.9. The Morgan fingerprint density at radius 1 is 1.39 bits per heavy atom. The van der Waals surface area contributed by atoms with Gasteiger partial charge in [-0.25, -0.2) is 0 Å². The molecule has 18 heavy (non-hydrogen) atoms. The van der Waals surface area contributed by atoms with Crippen molar-refractivity contribution in [1.29, 1.82) is 0 Å². The first kappa shape index (κ1) is 13.8. The summed E-state index contributed by atoms with van der Waals surface area (Å²) in [4.78, 5) is 14.3. The first-order chi connectivity index (χ1) is 8.79. The summed E-state index contributed by atoms with van der Waals surface area (Å²) in [5, 5.41) is 3.35. The largest absolute Gasteiger partial charge is 0.378 e. The average molecular weight is 254 g/mol. The minimum absolute atomic E-state index is 0.219. The standard InChI is InChI=1S/C14H26N2O2/c1-2-12-4-3-7-16(8-5-12)14(17)10-13-11-18-9-6-15-13/h12-13,15H,2-11H2,1H3. The monoisotopic (exact) mass is 254 g/mol. The molecule has 2 heterocycles. The van der Waals surface area contributed by atoms with E-state index in [9.17, 15) is 4.79 Å². The molecule has 2 rings (SSSR count). The van der Waals surface area contributed by atoms with E-state index in [1.807, 2.05) is 0 Å². The molecule has 2 saturated heterocycles. The quantitative estimate of drug-likeness (QED) is 0.828. The molecule has 2 aliphatic heterocycles. The maximum absolute atomic E-state index is 12.2. The van der Waals surface area contributed by atoms with Crippen LogP contribution >= 0.6 is 0 Å². The lowest BCUT2D eigenvalue weighted by atomic mass is 9.98. The molecular formula is C14H26N2O2. The van der Waals surface area contributed by atoms with Gasteiger partial charge in [0.2, 0.25) is 5.91 Å². The molecule has 2 fully saturated rings. The molecule has 2 unspecified atom stereocenters. The van der Waals surface area contributed by atoms with Gasteiger partial charge in [-0.1, -0.05) is 13.3 Å². The molecule has 4 nitrogen and oxygen atoms in total. The highest BCUT2D eigenvalue weighted by Crippen LogP contribution is 2.20. The number of morpholine rings is 1. The molecule has 1 N–H and O–H groups in total. The van der Waals surface area contributed by atoms with Gasteiger partial charge in [0.15, 0.2) is 0 Å². The maximum Gasteiger partial charge on any atom is 0.224 e. The van der Waals surface area contributed by atoms with Gasteiger partial charge in [-0.3, -0.25) is 4.79 Å². The van der Waals surface area contributed by atoms with Crippen molar-refractivity contribution in [1.82, 2.24) is 10.2 Å². The second kappa shape index (κ2) is 7.10. The molecule has 0 radical (unpaired) electrons. The number of amides is 1. The zero-order chi connectivity index (χ0) is 12.8. The van der Waals surface area contributed by atoms with Crippen molar-refractivity contribution < 1.29 is 9.53 Å². The Bertz CT molecular complexity index is 265. The number of nitrogens with one attached hydrogen (secondary N) is 1. The van der Waals surface area contributed by atoms with E-state index in [-0.39, 0.29) is 6.04 Å². The van der Waals surface area contributed by atoms with E-state index in [0.717, 1.165) is 32.2 Å². The molecule has 0 bridgehead atoms. The van der Waals surface area contributed by atoms with Gasteiger partial charge >= 0.3 is 0 Å². The Morgan fingerprint density at radius 3 is 3.00 bits per heavy atom. The number of hydrogen-bond donors (Lipinski definition) is 1. The van der Waals surface area contributed by atoms with Gasteiger partial charge in [0.25, 0.3) is 0 Å². The predicted molar refractivity (Wildman–Crippen MR) is 71.4 cm³/mol. The summed E-state index contributed by atoms with van der Waals surface area (Å²) in [6.07, 6.45) is 5.47. The van der Waals surface area contributed by atoms with Crippen LogP contribution in [0.5, 0.6) is 0 Å². The van der Waals surface area contributed by atoms with E-state index in [1.165, 1.54) is 25.7 Å². The number of rotatable bonds is 3. The highest BCUT2D eigenvalue weighted by atomic mass is 16.5. The van der Waals surface area contributed by atoms with Crippen molar-refractivity contribution in [3.8, 4) is 0 Å². The fourth-order valence-electron chi connectivity index (χ4n) is 2.91. The SMILES string of the molecule is CCC1CCCN(C(=O)CC2COCCN2)CC1. The Balaban J connectivity index is 1.77. The first-order valence-corrected chi connectivity index (χ1v) is 7.38. The second-order valence-electron chi connectivity index (χ2n) is 5.52. The van der Waals surface area contributed by atoms with E-state index >= 15 is 0 Å². The van der Waals surface area contributed by atoms with E-state index in [0.29, 0.717) is 18.9 Å². The third-order valence-corrected chi connectivity index (χ3v) is 4.20. The third kappa shape index (κ3) is 3.95. The molecule has 2 atom stereocenters. The Morgan fingerprint density at radius 2 is 2.28 bits per heavy atom. The minimum Gasteiger partial charge on any atom is -0.378 e. The van der Waals surface area contributed by atoms with Crippen molar-refractivity contribution in [2.75, 3.05) is 32.8 Å². The number of likely N-dealkylation sites (tertiary alicyclic amines) is 1. The lowest BCUT2D eigenvalue weighted by molar-refractivity contribution is -0.132. The highest BCUT2D eigenvalue weighted by Gasteiger charge is 2.23. The van der Waals surface area contributed by atoms with Gasteiger partial charge in [0.05, 0.1) is 13.2 Å². The Kier molecular flexibility index (Phi) is 5.45. The molecule has 0 aliphatic carbocycles. The molecule has 0 aromatic heterocycles. The van der Waals surface area contributed by atoms with Crippen molar-refractivity contribution >= 4 is 5.91 Å². The summed E-state index contributed by atoms with van der Waals surface area (Å²) in [5.41, 5.74) is 0. The van der Waals surface area contributed by atoms with Crippen molar-refractivity contribution in [3.63, 3.8) is 0 Å². The molecule has 2 aliphatic rings. The topological polar surface area (TPSA) is 41.6 Å². The number of carbonyl (C=O) groups is 1. The fourth-order valence-corrected chi connectivity index (χ4v) is 2.91. The first-order valence-electron chi connectivity index (χ1n) is 7.38. The van der Waals surface area contributed by atoms with E-state index in [1.54, 1.807) is 0 Å². The maximum atomic E-state index is 12.2. The summed E-state index contributed by atoms with van der Waals surface area (Å²) < 4.78 is 5.40. The Labute approximate surface area is 110 Å². The zero-order valence-electron chi connectivity index (χ0n) is 11.5. The molecule has 0 aromatic carbocycles. The van der Waals surface area contributed by atoms with Crippen LogP contribution in [0.4, 0.5) is 0 Å². The van der Waals surface area contributed by atoms with Crippen LogP contribution in [0.25, 0.3) is 0 Å². The van der Waals surface area contributed by atoms with Crippen LogP contribution in [0.3, 0.4) is 0 Å². The van der Waals surface area contributed by atoms with Gasteiger partial charge in [-0.05, 0) is 25.2 Å². The molecule has 4 heteroatoms. The summed E-state index contributed by atoms with van der Waals surface area (Å²) in [6.45, 7) is 6.47. The van der Waals surface area contributed by atoms with Gasteiger partial charge in [-0.2, -0.15) is 0 Å². The van der Waals surface area contributed by atoms with Crippen molar-refractivity contribution in [3.05, 3.63) is 0 Å². The summed E-state index contributed by atoms with van der Waals surface area (Å²) >= 11 is 0. The number of hydrogen-bond acceptors (Lipinski definition) is 3. The van der Waals surface area contributed by atoms with Crippen LogP contribution in [-0.4, -0.2) is 49.7 Å². The average Bonchev–Trinajstić information content (AvgIpc) is 2.65.